The highest BCUT2D eigenvalue weighted by Crippen LogP contribution is 2.15. The SMILES string of the molecule is CC(Cc1cccs1)NC(=O)NCC(O)c1ccsc1. The van der Waals surface area contributed by atoms with Crippen LogP contribution in [-0.2, 0) is 6.42 Å². The van der Waals surface area contributed by atoms with Crippen LogP contribution in [0.3, 0.4) is 0 Å². The van der Waals surface area contributed by atoms with Gasteiger partial charge in [-0.1, -0.05) is 6.07 Å². The third kappa shape index (κ3) is 4.63. The van der Waals surface area contributed by atoms with Crippen molar-refractivity contribution in [2.24, 2.45) is 0 Å². The number of hydrogen-bond acceptors (Lipinski definition) is 4. The second-order valence-corrected chi connectivity index (χ2v) is 6.42. The molecule has 2 rings (SSSR count). The Labute approximate surface area is 126 Å². The number of amides is 2. The van der Waals surface area contributed by atoms with Gasteiger partial charge in [0.25, 0.3) is 0 Å². The van der Waals surface area contributed by atoms with Crippen molar-refractivity contribution in [2.75, 3.05) is 6.54 Å². The fourth-order valence-electron chi connectivity index (χ4n) is 1.83. The molecule has 0 bridgehead atoms. The van der Waals surface area contributed by atoms with Crippen LogP contribution in [0.5, 0.6) is 0 Å². The molecule has 2 unspecified atom stereocenters. The molecule has 4 nitrogen and oxygen atoms in total. The summed E-state index contributed by atoms with van der Waals surface area (Å²) in [7, 11) is 0. The van der Waals surface area contributed by atoms with Crippen LogP contribution in [0.1, 0.15) is 23.5 Å². The number of aliphatic hydroxyl groups excluding tert-OH is 1. The van der Waals surface area contributed by atoms with Gasteiger partial charge in [0.05, 0.1) is 6.10 Å². The monoisotopic (exact) mass is 310 g/mol. The molecule has 0 aliphatic carbocycles. The van der Waals surface area contributed by atoms with Crippen molar-refractivity contribution in [1.29, 1.82) is 0 Å². The quantitative estimate of drug-likeness (QED) is 0.768. The van der Waals surface area contributed by atoms with Crippen LogP contribution in [0.2, 0.25) is 0 Å². The van der Waals surface area contributed by atoms with Crippen molar-refractivity contribution in [3.8, 4) is 0 Å². The normalized spacial score (nSPS) is 13.7. The largest absolute Gasteiger partial charge is 0.387 e. The Morgan fingerprint density at radius 2 is 2.25 bits per heavy atom. The summed E-state index contributed by atoms with van der Waals surface area (Å²) in [6.07, 6.45) is 0.164. The highest BCUT2D eigenvalue weighted by molar-refractivity contribution is 7.09. The lowest BCUT2D eigenvalue weighted by Crippen LogP contribution is -2.42. The van der Waals surface area contributed by atoms with Gasteiger partial charge in [0.2, 0.25) is 0 Å². The van der Waals surface area contributed by atoms with Gasteiger partial charge in [0, 0.05) is 23.9 Å². The molecule has 20 heavy (non-hydrogen) atoms. The smallest absolute Gasteiger partial charge is 0.315 e. The van der Waals surface area contributed by atoms with Crippen molar-refractivity contribution in [1.82, 2.24) is 10.6 Å². The summed E-state index contributed by atoms with van der Waals surface area (Å²) in [5.41, 5.74) is 0.835. The van der Waals surface area contributed by atoms with Crippen LogP contribution in [-0.4, -0.2) is 23.7 Å². The van der Waals surface area contributed by atoms with Crippen molar-refractivity contribution in [3.63, 3.8) is 0 Å². The van der Waals surface area contributed by atoms with E-state index in [1.165, 1.54) is 16.2 Å². The minimum atomic E-state index is -0.653. The van der Waals surface area contributed by atoms with Gasteiger partial charge in [0.1, 0.15) is 0 Å². The van der Waals surface area contributed by atoms with Crippen LogP contribution >= 0.6 is 22.7 Å². The minimum Gasteiger partial charge on any atom is -0.387 e. The highest BCUT2D eigenvalue weighted by Gasteiger charge is 2.12. The first-order valence-corrected chi connectivity index (χ1v) is 8.24. The zero-order valence-corrected chi connectivity index (χ0v) is 12.8. The molecule has 0 saturated carbocycles. The maximum absolute atomic E-state index is 11.7. The average Bonchev–Trinajstić information content (AvgIpc) is 3.08. The summed E-state index contributed by atoms with van der Waals surface area (Å²) in [6, 6.07) is 5.73. The van der Waals surface area contributed by atoms with Crippen LogP contribution in [0.4, 0.5) is 4.79 Å². The maximum Gasteiger partial charge on any atom is 0.315 e. The van der Waals surface area contributed by atoms with E-state index in [9.17, 15) is 9.90 Å². The lowest BCUT2D eigenvalue weighted by Gasteiger charge is -2.15. The predicted octanol–water partition coefficient (Wildman–Crippen LogP) is 2.77. The molecule has 108 valence electrons. The summed E-state index contributed by atoms with van der Waals surface area (Å²) in [6.45, 7) is 2.18. The van der Waals surface area contributed by atoms with Gasteiger partial charge in [-0.3, -0.25) is 0 Å². The number of aliphatic hydroxyl groups is 1. The van der Waals surface area contributed by atoms with E-state index in [-0.39, 0.29) is 18.6 Å². The van der Waals surface area contributed by atoms with E-state index in [0.29, 0.717) is 0 Å². The Hall–Kier alpha value is -1.37. The maximum atomic E-state index is 11.7. The molecule has 0 aliphatic heterocycles. The van der Waals surface area contributed by atoms with Crippen molar-refractivity contribution in [3.05, 3.63) is 44.8 Å². The first-order valence-electron chi connectivity index (χ1n) is 6.42. The summed E-state index contributed by atoms with van der Waals surface area (Å²) in [4.78, 5) is 13.0. The van der Waals surface area contributed by atoms with Crippen molar-refractivity contribution >= 4 is 28.7 Å². The predicted molar refractivity (Wildman–Crippen MR) is 83.3 cm³/mol. The van der Waals surface area contributed by atoms with E-state index < -0.39 is 6.10 Å². The number of nitrogens with one attached hydrogen (secondary N) is 2. The molecule has 0 aliphatic rings. The Balaban J connectivity index is 1.69. The Morgan fingerprint density at radius 3 is 2.90 bits per heavy atom. The van der Waals surface area contributed by atoms with Crippen molar-refractivity contribution in [2.45, 2.75) is 25.5 Å². The molecular formula is C14H18N2O2S2. The van der Waals surface area contributed by atoms with Gasteiger partial charge in [-0.25, -0.2) is 4.79 Å². The second-order valence-electron chi connectivity index (χ2n) is 4.61. The molecule has 0 fully saturated rings. The van der Waals surface area contributed by atoms with Crippen LogP contribution in [0, 0.1) is 0 Å². The van der Waals surface area contributed by atoms with Gasteiger partial charge in [-0.2, -0.15) is 11.3 Å². The van der Waals surface area contributed by atoms with Crippen molar-refractivity contribution < 1.29 is 9.90 Å². The van der Waals surface area contributed by atoms with Crippen LogP contribution in [0.25, 0.3) is 0 Å². The lowest BCUT2D eigenvalue weighted by atomic mass is 10.2. The Kier molecular flexibility index (Phi) is 5.58. The third-order valence-electron chi connectivity index (χ3n) is 2.85. The molecule has 2 atom stereocenters. The molecule has 6 heteroatoms. The molecule has 0 aromatic carbocycles. The summed E-state index contributed by atoms with van der Waals surface area (Å²) in [5, 5.41) is 21.2. The zero-order chi connectivity index (χ0) is 14.4. The van der Waals surface area contributed by atoms with Crippen LogP contribution < -0.4 is 10.6 Å². The first-order chi connectivity index (χ1) is 9.65. The zero-order valence-electron chi connectivity index (χ0n) is 11.2. The molecule has 2 heterocycles. The number of carbonyl (C=O) groups excluding carboxylic acids is 1. The van der Waals surface area contributed by atoms with E-state index in [1.54, 1.807) is 11.3 Å². The number of urea groups is 1. The molecule has 0 spiro atoms. The lowest BCUT2D eigenvalue weighted by molar-refractivity contribution is 0.173. The van der Waals surface area contributed by atoms with Crippen LogP contribution in [0.15, 0.2) is 34.3 Å². The summed E-state index contributed by atoms with van der Waals surface area (Å²) < 4.78 is 0. The summed E-state index contributed by atoms with van der Waals surface area (Å²) >= 11 is 3.21. The first kappa shape index (κ1) is 15.0. The van der Waals surface area contributed by atoms with E-state index in [4.69, 9.17) is 0 Å². The standard InChI is InChI=1S/C14H18N2O2S2/c1-10(7-12-3-2-5-20-12)16-14(18)15-8-13(17)11-4-6-19-9-11/h2-6,9-10,13,17H,7-8H2,1H3,(H2,15,16,18). The molecular weight excluding hydrogens is 292 g/mol. The van der Waals surface area contributed by atoms with Gasteiger partial charge >= 0.3 is 6.03 Å². The van der Waals surface area contributed by atoms with Gasteiger partial charge in [0.15, 0.2) is 0 Å². The molecule has 0 saturated heterocycles. The van der Waals surface area contributed by atoms with E-state index >= 15 is 0 Å². The Morgan fingerprint density at radius 1 is 1.40 bits per heavy atom. The fourth-order valence-corrected chi connectivity index (χ4v) is 3.37. The molecule has 3 N–H and O–H groups in total. The third-order valence-corrected chi connectivity index (χ3v) is 4.45. The number of thiophene rings is 2. The number of rotatable bonds is 6. The fraction of sp³-hybridized carbons (Fsp3) is 0.357. The topological polar surface area (TPSA) is 61.4 Å². The van der Waals surface area contributed by atoms with E-state index in [2.05, 4.69) is 16.7 Å². The molecule has 2 aromatic heterocycles. The number of carbonyl (C=O) groups is 1. The van der Waals surface area contributed by atoms with Gasteiger partial charge in [-0.15, -0.1) is 11.3 Å². The van der Waals surface area contributed by atoms with E-state index in [0.717, 1.165) is 12.0 Å². The molecule has 2 amide bonds. The average molecular weight is 310 g/mol. The van der Waals surface area contributed by atoms with Gasteiger partial charge in [-0.05, 0) is 40.8 Å². The van der Waals surface area contributed by atoms with E-state index in [1.807, 2.05) is 35.2 Å². The Bertz CT molecular complexity index is 511. The van der Waals surface area contributed by atoms with Gasteiger partial charge < -0.3 is 15.7 Å². The molecule has 2 aromatic rings. The minimum absolute atomic E-state index is 0.0620. The second kappa shape index (κ2) is 7.42. The number of hydrogen-bond donors (Lipinski definition) is 3. The summed E-state index contributed by atoms with van der Waals surface area (Å²) in [5.74, 6) is 0. The highest BCUT2D eigenvalue weighted by atomic mass is 32.1. The molecule has 0 radical (unpaired) electrons.